The monoisotopic (exact) mass is 892 g/mol. The Hall–Kier alpha value is -7.99. The van der Waals surface area contributed by atoms with Crippen molar-refractivity contribution in [2.45, 2.75) is 37.8 Å². The van der Waals surface area contributed by atoms with Gasteiger partial charge in [0.1, 0.15) is 41.6 Å². The Bertz CT molecular complexity index is 3000. The lowest BCUT2D eigenvalue weighted by Gasteiger charge is -2.32. The molecule has 6 heterocycles. The summed E-state index contributed by atoms with van der Waals surface area (Å²) in [6.07, 6.45) is 10.8. The average molecular weight is 893 g/mol. The third-order valence-electron chi connectivity index (χ3n) is 11.2. The third kappa shape index (κ3) is 10.3. The lowest BCUT2D eigenvalue weighted by Crippen LogP contribution is -2.46. The fourth-order valence-electron chi connectivity index (χ4n) is 7.93. The van der Waals surface area contributed by atoms with Crippen LogP contribution in [-0.2, 0) is 14.3 Å². The Labute approximate surface area is 379 Å². The first kappa shape index (κ1) is 44.6. The Morgan fingerprint density at radius 1 is 0.803 bits per heavy atom. The van der Waals surface area contributed by atoms with E-state index in [1.807, 2.05) is 54.6 Å². The number of aromatic nitrogens is 7. The standard InChI is InChI=1S/C27H25N5O3.C21H24N6O4/c1-2-26(33)31-14-6-7-20(17-31)30-24-15-25-28-16-23(27(34)32(25)18-29-24)19-10-12-22(13-11-19)35-21-8-4-3-5-9-21;1-3-18(28)26-8-4-5-14(12-26)24-20-22-13-23-21-25-17-7-6-15(31-10-9-30-2)11-16(17)19(29)27(20)21/h2-5,8-13,15-16,18,20,30H,1,6-7,14,17H2;3,6-7,11,13-14H,1,4-5,8-10,12H2,2H3,(H,22,23,24,25)/p+1/t20-;14-/m11/s1. The van der Waals surface area contributed by atoms with Crippen LogP contribution in [0.1, 0.15) is 25.7 Å². The molecule has 0 bridgehead atoms. The quantitative estimate of drug-likeness (QED) is 0.0909. The summed E-state index contributed by atoms with van der Waals surface area (Å²) in [5.74, 6) is 3.19. The van der Waals surface area contributed by atoms with Gasteiger partial charge in [-0.1, -0.05) is 48.5 Å². The summed E-state index contributed by atoms with van der Waals surface area (Å²) in [6.45, 7) is 10.5. The molecule has 7 aromatic rings. The van der Waals surface area contributed by atoms with Gasteiger partial charge in [-0.15, -0.1) is 4.40 Å². The van der Waals surface area contributed by atoms with Gasteiger partial charge >= 0.3 is 17.3 Å². The Balaban J connectivity index is 0.000000181. The number of nitrogens with zero attached hydrogens (tertiary/aromatic N) is 8. The summed E-state index contributed by atoms with van der Waals surface area (Å²) in [7, 11) is 1.60. The largest absolute Gasteiger partial charge is 0.491 e. The highest BCUT2D eigenvalue weighted by Crippen LogP contribution is 2.25. The van der Waals surface area contributed by atoms with Crippen molar-refractivity contribution < 1.29 is 28.8 Å². The van der Waals surface area contributed by atoms with Gasteiger partial charge in [0.25, 0.3) is 5.56 Å². The third-order valence-corrected chi connectivity index (χ3v) is 11.2. The van der Waals surface area contributed by atoms with Crippen LogP contribution in [-0.4, -0.2) is 109 Å². The van der Waals surface area contributed by atoms with Crippen LogP contribution in [0.2, 0.25) is 0 Å². The Kier molecular flexibility index (Phi) is 14.0. The van der Waals surface area contributed by atoms with Gasteiger partial charge in [-0.25, -0.2) is 15.0 Å². The maximum Gasteiger partial charge on any atom is 0.343 e. The maximum absolute atomic E-state index is 13.3. The number of benzene rings is 3. The van der Waals surface area contributed by atoms with Gasteiger partial charge in [0.15, 0.2) is 6.33 Å². The van der Waals surface area contributed by atoms with Crippen molar-refractivity contribution in [1.29, 1.82) is 0 Å². The van der Waals surface area contributed by atoms with Crippen LogP contribution in [0, 0.1) is 0 Å². The highest BCUT2D eigenvalue weighted by Gasteiger charge is 2.27. The zero-order valence-corrected chi connectivity index (χ0v) is 36.5. The van der Waals surface area contributed by atoms with Crippen molar-refractivity contribution in [3.8, 4) is 28.4 Å². The number of hydrogen-bond acceptors (Lipinski definition) is 13. The second-order valence-electron chi connectivity index (χ2n) is 15.7. The minimum atomic E-state index is -0.265. The molecule has 0 aliphatic carbocycles. The van der Waals surface area contributed by atoms with Crippen molar-refractivity contribution in [3.05, 3.63) is 144 Å². The van der Waals surface area contributed by atoms with Gasteiger partial charge in [0.2, 0.25) is 11.8 Å². The number of aromatic amines is 1. The molecular formula is C48H50N11O7+. The maximum atomic E-state index is 13.3. The predicted molar refractivity (Wildman–Crippen MR) is 249 cm³/mol. The molecule has 18 nitrogen and oxygen atoms in total. The molecule has 0 spiro atoms. The lowest BCUT2D eigenvalue weighted by atomic mass is 10.1. The van der Waals surface area contributed by atoms with Crippen molar-refractivity contribution in [2.24, 2.45) is 0 Å². The Morgan fingerprint density at radius 3 is 2.18 bits per heavy atom. The average Bonchev–Trinajstić information content (AvgIpc) is 3.35. The number of rotatable bonds is 13. The molecular weight excluding hydrogens is 843 g/mol. The molecule has 2 saturated heterocycles. The van der Waals surface area contributed by atoms with Gasteiger partial charge < -0.3 is 29.3 Å². The van der Waals surface area contributed by atoms with E-state index in [1.165, 1.54) is 33.6 Å². The van der Waals surface area contributed by atoms with Crippen LogP contribution in [0.3, 0.4) is 0 Å². The molecule has 2 aliphatic heterocycles. The molecule has 2 amide bonds. The first-order valence-corrected chi connectivity index (χ1v) is 21.6. The summed E-state index contributed by atoms with van der Waals surface area (Å²) >= 11 is 0. The fraction of sp³-hybridized carbons (Fsp3) is 0.271. The van der Waals surface area contributed by atoms with E-state index in [4.69, 9.17) is 14.2 Å². The zero-order chi connectivity index (χ0) is 46.0. The number of nitrogens with one attached hydrogen (secondary N) is 3. The molecule has 338 valence electrons. The van der Waals surface area contributed by atoms with Crippen molar-refractivity contribution in [3.63, 3.8) is 0 Å². The molecule has 66 heavy (non-hydrogen) atoms. The number of likely N-dealkylation sites (tertiary alicyclic amines) is 2. The second-order valence-corrected chi connectivity index (χ2v) is 15.7. The second kappa shape index (κ2) is 20.7. The number of anilines is 2. The molecule has 0 unspecified atom stereocenters. The van der Waals surface area contributed by atoms with Gasteiger partial charge in [-0.3, -0.25) is 28.9 Å². The molecule has 0 saturated carbocycles. The number of ether oxygens (including phenoxy) is 3. The molecule has 3 aromatic carbocycles. The van der Waals surface area contributed by atoms with E-state index in [0.29, 0.717) is 78.2 Å². The van der Waals surface area contributed by atoms with E-state index < -0.39 is 0 Å². The van der Waals surface area contributed by atoms with Gasteiger partial charge in [0, 0.05) is 45.0 Å². The molecule has 9 rings (SSSR count). The molecule has 3 N–H and O–H groups in total. The molecule has 2 aliphatic rings. The van der Waals surface area contributed by atoms with Crippen LogP contribution in [0.25, 0.3) is 33.5 Å². The number of carbonyl (C=O) groups excluding carboxylic acids is 2. The number of hydrogen-bond donors (Lipinski definition) is 2. The highest BCUT2D eigenvalue weighted by atomic mass is 16.5. The fourth-order valence-corrected chi connectivity index (χ4v) is 7.93. The number of fused-ring (bicyclic) bond motifs is 3. The molecule has 2 fully saturated rings. The SMILES string of the molecule is C=CC(=O)N1CCC[C@@H](Nc2[nH+]cnc3nc4ccc(OCCOC)cc4c(=O)n23)C1.C=CC(=O)N1CCC[C@@H](Nc2cc3ncc(-c4ccc(Oc5ccccc5)cc4)c(=O)n3cn2)C1. The molecule has 2 atom stereocenters. The van der Waals surface area contributed by atoms with Crippen LogP contribution >= 0.6 is 0 Å². The summed E-state index contributed by atoms with van der Waals surface area (Å²) < 4.78 is 19.3. The summed E-state index contributed by atoms with van der Waals surface area (Å²) in [4.78, 5) is 74.5. The topological polar surface area (TPSA) is 201 Å². The molecule has 18 heteroatoms. The lowest BCUT2D eigenvalue weighted by molar-refractivity contribution is -0.371. The molecule has 4 aromatic heterocycles. The van der Waals surface area contributed by atoms with E-state index >= 15 is 0 Å². The van der Waals surface area contributed by atoms with Crippen LogP contribution < -0.4 is 36.2 Å². The normalized spacial score (nSPS) is 16.0. The number of carbonyl (C=O) groups is 2. The minimum absolute atomic E-state index is 0.0224. The van der Waals surface area contributed by atoms with E-state index in [-0.39, 0.29) is 40.8 Å². The van der Waals surface area contributed by atoms with Crippen molar-refractivity contribution in [2.75, 3.05) is 57.1 Å². The summed E-state index contributed by atoms with van der Waals surface area (Å²) in [5, 5.41) is 7.13. The van der Waals surface area contributed by atoms with Crippen LogP contribution in [0.5, 0.6) is 17.2 Å². The van der Waals surface area contributed by atoms with E-state index in [2.05, 4.69) is 48.7 Å². The van der Waals surface area contributed by atoms with Gasteiger partial charge in [0.05, 0.1) is 35.7 Å². The first-order valence-electron chi connectivity index (χ1n) is 21.6. The summed E-state index contributed by atoms with van der Waals surface area (Å²) in [5.41, 5.74) is 1.78. The zero-order valence-electron chi connectivity index (χ0n) is 36.5. The van der Waals surface area contributed by atoms with Crippen molar-refractivity contribution >= 4 is 45.9 Å². The van der Waals surface area contributed by atoms with Crippen molar-refractivity contribution in [1.82, 2.24) is 38.5 Å². The summed E-state index contributed by atoms with van der Waals surface area (Å²) in [6, 6.07) is 23.8. The molecule has 0 radical (unpaired) electrons. The number of piperidine rings is 2. The minimum Gasteiger partial charge on any atom is -0.491 e. The smallest absolute Gasteiger partial charge is 0.343 e. The first-order chi connectivity index (χ1) is 32.2. The van der Waals surface area contributed by atoms with Crippen LogP contribution in [0.15, 0.2) is 133 Å². The number of methoxy groups -OCH3 is 1. The Morgan fingerprint density at radius 2 is 1.48 bits per heavy atom. The van der Waals surface area contributed by atoms with E-state index in [1.54, 1.807) is 47.4 Å². The predicted octanol–water partition coefficient (Wildman–Crippen LogP) is 4.81. The van der Waals surface area contributed by atoms with Gasteiger partial charge in [-0.2, -0.15) is 4.98 Å². The number of amides is 2. The van der Waals surface area contributed by atoms with E-state index in [9.17, 15) is 19.2 Å². The van der Waals surface area contributed by atoms with Crippen LogP contribution in [0.4, 0.5) is 11.8 Å². The number of H-pyrrole nitrogens is 1. The van der Waals surface area contributed by atoms with E-state index in [0.717, 1.165) is 43.5 Å². The number of para-hydroxylation sites is 1. The van der Waals surface area contributed by atoms with Gasteiger partial charge in [-0.05, 0) is 85.9 Å². The highest BCUT2D eigenvalue weighted by molar-refractivity contribution is 5.87.